The van der Waals surface area contributed by atoms with Crippen molar-refractivity contribution in [3.05, 3.63) is 0 Å². The highest BCUT2D eigenvalue weighted by Crippen LogP contribution is 1.90. The fourth-order valence-electron chi connectivity index (χ4n) is 0.360. The highest BCUT2D eigenvalue weighted by Gasteiger charge is 1.91. The van der Waals surface area contributed by atoms with E-state index in [9.17, 15) is 4.21 Å². The predicted octanol–water partition coefficient (Wildman–Crippen LogP) is 1.54. The monoisotopic (exact) mass is 198 g/mol. The van der Waals surface area contributed by atoms with Gasteiger partial charge < -0.3 is 0 Å². The first-order chi connectivity index (χ1) is 3.81. The summed E-state index contributed by atoms with van der Waals surface area (Å²) in [7, 11) is -0.557. The van der Waals surface area contributed by atoms with E-state index in [4.69, 9.17) is 0 Å². The van der Waals surface area contributed by atoms with Gasteiger partial charge in [-0.1, -0.05) is 22.9 Å². The second-order valence-corrected chi connectivity index (χ2v) is 4.13. The van der Waals surface area contributed by atoms with E-state index >= 15 is 0 Å². The Morgan fingerprint density at radius 1 is 1.62 bits per heavy atom. The van der Waals surface area contributed by atoms with Crippen LogP contribution in [-0.4, -0.2) is 21.0 Å². The Morgan fingerprint density at radius 3 is 2.62 bits per heavy atom. The van der Waals surface area contributed by atoms with Gasteiger partial charge in [-0.15, -0.1) is 0 Å². The van der Waals surface area contributed by atoms with Crippen molar-refractivity contribution >= 4 is 26.7 Å². The zero-order chi connectivity index (χ0) is 6.41. The average Bonchev–Trinajstić information content (AvgIpc) is 1.83. The van der Waals surface area contributed by atoms with Crippen LogP contribution in [0.15, 0.2) is 0 Å². The standard InChI is InChI=1S/C5H11BrOS/c1-2-8(7)5-3-4-6/h2-5H2,1H3. The molecule has 0 spiro atoms. The topological polar surface area (TPSA) is 17.1 Å². The predicted molar refractivity (Wildman–Crippen MR) is 42.0 cm³/mol. The van der Waals surface area contributed by atoms with Gasteiger partial charge >= 0.3 is 0 Å². The highest BCUT2D eigenvalue weighted by molar-refractivity contribution is 9.09. The molecule has 0 N–H and O–H groups in total. The van der Waals surface area contributed by atoms with Gasteiger partial charge in [0.25, 0.3) is 0 Å². The molecule has 0 fully saturated rings. The lowest BCUT2D eigenvalue weighted by molar-refractivity contribution is 0.683. The van der Waals surface area contributed by atoms with Gasteiger partial charge in [-0.2, -0.15) is 0 Å². The van der Waals surface area contributed by atoms with Crippen molar-refractivity contribution in [2.45, 2.75) is 13.3 Å². The van der Waals surface area contributed by atoms with Crippen molar-refractivity contribution in [3.63, 3.8) is 0 Å². The van der Waals surface area contributed by atoms with Crippen molar-refractivity contribution < 1.29 is 4.21 Å². The maximum atomic E-state index is 10.7. The van der Waals surface area contributed by atoms with Crippen LogP contribution in [0.4, 0.5) is 0 Å². The number of alkyl halides is 1. The van der Waals surface area contributed by atoms with E-state index in [1.54, 1.807) is 0 Å². The number of halogens is 1. The molecule has 0 aliphatic heterocycles. The second kappa shape index (κ2) is 5.76. The SMILES string of the molecule is CCS(=O)CCCBr. The maximum absolute atomic E-state index is 10.7. The molecule has 0 saturated carbocycles. The molecule has 1 unspecified atom stereocenters. The summed E-state index contributed by atoms with van der Waals surface area (Å²) in [5.74, 6) is 1.65. The Balaban J connectivity index is 2.99. The molecule has 0 amide bonds. The summed E-state index contributed by atoms with van der Waals surface area (Å²) in [4.78, 5) is 0. The lowest BCUT2D eigenvalue weighted by Crippen LogP contribution is -1.99. The minimum absolute atomic E-state index is 0.557. The van der Waals surface area contributed by atoms with Crippen molar-refractivity contribution in [1.82, 2.24) is 0 Å². The number of hydrogen-bond donors (Lipinski definition) is 0. The lowest BCUT2D eigenvalue weighted by atomic mass is 10.6. The van der Waals surface area contributed by atoms with E-state index in [-0.39, 0.29) is 0 Å². The van der Waals surface area contributed by atoms with Gasteiger partial charge in [0.15, 0.2) is 0 Å². The molecule has 0 aromatic carbocycles. The molecule has 0 aromatic heterocycles. The van der Waals surface area contributed by atoms with Crippen molar-refractivity contribution in [2.24, 2.45) is 0 Å². The van der Waals surface area contributed by atoms with Crippen LogP contribution >= 0.6 is 15.9 Å². The lowest BCUT2D eigenvalue weighted by Gasteiger charge is -1.92. The van der Waals surface area contributed by atoms with Crippen LogP contribution in [0.1, 0.15) is 13.3 Å². The molecule has 3 heteroatoms. The summed E-state index contributed by atoms with van der Waals surface area (Å²) < 4.78 is 10.7. The Kier molecular flexibility index (Phi) is 6.21. The molecule has 0 aromatic rings. The summed E-state index contributed by atoms with van der Waals surface area (Å²) in [6.45, 7) is 1.95. The van der Waals surface area contributed by atoms with E-state index in [2.05, 4.69) is 15.9 Å². The molecule has 0 radical (unpaired) electrons. The molecule has 0 heterocycles. The van der Waals surface area contributed by atoms with Crippen molar-refractivity contribution in [2.75, 3.05) is 16.8 Å². The summed E-state index contributed by atoms with van der Waals surface area (Å²) in [5, 5.41) is 0.971. The molecule has 0 aliphatic carbocycles. The second-order valence-electron chi connectivity index (χ2n) is 1.48. The highest BCUT2D eigenvalue weighted by atomic mass is 79.9. The third-order valence-electron chi connectivity index (χ3n) is 0.828. The quantitative estimate of drug-likeness (QED) is 0.627. The fourth-order valence-corrected chi connectivity index (χ4v) is 1.77. The van der Waals surface area contributed by atoms with Gasteiger partial charge in [-0.05, 0) is 6.42 Å². The maximum Gasteiger partial charge on any atom is 0.0242 e. The molecule has 8 heavy (non-hydrogen) atoms. The van der Waals surface area contributed by atoms with Gasteiger partial charge in [-0.25, -0.2) is 0 Å². The summed E-state index contributed by atoms with van der Waals surface area (Å²) in [6, 6.07) is 0. The van der Waals surface area contributed by atoms with Crippen LogP contribution in [0.2, 0.25) is 0 Å². The Morgan fingerprint density at radius 2 is 2.25 bits per heavy atom. The van der Waals surface area contributed by atoms with Gasteiger partial charge in [0.2, 0.25) is 0 Å². The van der Waals surface area contributed by atoms with Gasteiger partial charge in [0.05, 0.1) is 0 Å². The van der Waals surface area contributed by atoms with Crippen LogP contribution in [-0.2, 0) is 10.8 Å². The zero-order valence-corrected chi connectivity index (χ0v) is 7.43. The van der Waals surface area contributed by atoms with E-state index in [0.29, 0.717) is 0 Å². The summed E-state index contributed by atoms with van der Waals surface area (Å²) in [6.07, 6.45) is 1.03. The zero-order valence-electron chi connectivity index (χ0n) is 5.02. The Labute approximate surface area is 61.4 Å². The molecular weight excluding hydrogens is 188 g/mol. The van der Waals surface area contributed by atoms with E-state index in [0.717, 1.165) is 23.3 Å². The molecule has 1 atom stereocenters. The minimum atomic E-state index is -0.557. The van der Waals surface area contributed by atoms with E-state index < -0.39 is 10.8 Å². The first-order valence-corrected chi connectivity index (χ1v) is 5.33. The minimum Gasteiger partial charge on any atom is -0.260 e. The average molecular weight is 199 g/mol. The normalized spacial score (nSPS) is 13.8. The largest absolute Gasteiger partial charge is 0.260 e. The third-order valence-corrected chi connectivity index (χ3v) is 2.78. The van der Waals surface area contributed by atoms with Crippen LogP contribution in [0.5, 0.6) is 0 Å². The number of rotatable bonds is 4. The summed E-state index contributed by atoms with van der Waals surface area (Å²) >= 11 is 3.27. The molecule has 0 aliphatic rings. The van der Waals surface area contributed by atoms with E-state index in [1.165, 1.54) is 0 Å². The van der Waals surface area contributed by atoms with Gasteiger partial charge in [0, 0.05) is 27.6 Å². The third kappa shape index (κ3) is 4.78. The molecule has 0 saturated heterocycles. The number of hydrogen-bond acceptors (Lipinski definition) is 1. The molecule has 0 rings (SSSR count). The summed E-state index contributed by atoms with van der Waals surface area (Å²) in [5.41, 5.74) is 0. The van der Waals surface area contributed by atoms with E-state index in [1.807, 2.05) is 6.92 Å². The molecule has 0 bridgehead atoms. The van der Waals surface area contributed by atoms with Crippen molar-refractivity contribution in [3.8, 4) is 0 Å². The van der Waals surface area contributed by atoms with Gasteiger partial charge in [-0.3, -0.25) is 4.21 Å². The van der Waals surface area contributed by atoms with Crippen LogP contribution in [0.25, 0.3) is 0 Å². The first-order valence-electron chi connectivity index (χ1n) is 2.72. The fraction of sp³-hybridized carbons (Fsp3) is 1.00. The Hall–Kier alpha value is 0.630. The van der Waals surface area contributed by atoms with Gasteiger partial charge in [0.1, 0.15) is 0 Å². The molecule has 1 nitrogen and oxygen atoms in total. The smallest absolute Gasteiger partial charge is 0.0242 e. The van der Waals surface area contributed by atoms with Crippen molar-refractivity contribution in [1.29, 1.82) is 0 Å². The molecular formula is C5H11BrOS. The Bertz CT molecular complexity index is 74.8. The van der Waals surface area contributed by atoms with Crippen LogP contribution in [0.3, 0.4) is 0 Å². The molecule has 50 valence electrons. The van der Waals surface area contributed by atoms with Crippen LogP contribution < -0.4 is 0 Å². The first kappa shape index (κ1) is 8.63. The van der Waals surface area contributed by atoms with Crippen LogP contribution in [0, 0.1) is 0 Å².